The number of benzene rings is 1. The van der Waals surface area contributed by atoms with E-state index >= 15 is 0 Å². The summed E-state index contributed by atoms with van der Waals surface area (Å²) in [5, 5.41) is 24.3. The van der Waals surface area contributed by atoms with Gasteiger partial charge in [0, 0.05) is 29.8 Å². The van der Waals surface area contributed by atoms with Crippen molar-refractivity contribution in [1.82, 2.24) is 29.6 Å². The molecule has 3 aromatic heterocycles. The van der Waals surface area contributed by atoms with Crippen LogP contribution in [0.25, 0.3) is 11.3 Å². The molecule has 1 aromatic carbocycles. The van der Waals surface area contributed by atoms with Crippen LogP contribution in [-0.4, -0.2) is 40.3 Å². The molecule has 7 nitrogen and oxygen atoms in total. The predicted molar refractivity (Wildman–Crippen MR) is 128 cm³/mol. The van der Waals surface area contributed by atoms with Gasteiger partial charge in [-0.3, -0.25) is 0 Å². The minimum Gasteiger partial charge on any atom is -0.389 e. The van der Waals surface area contributed by atoms with Gasteiger partial charge in [0.2, 0.25) is 0 Å². The summed E-state index contributed by atoms with van der Waals surface area (Å²) in [6.45, 7) is 6.25. The van der Waals surface area contributed by atoms with Crippen LogP contribution in [0.2, 0.25) is 0 Å². The molecule has 0 atom stereocenters. The van der Waals surface area contributed by atoms with Crippen molar-refractivity contribution >= 4 is 5.65 Å². The van der Waals surface area contributed by atoms with Gasteiger partial charge in [0.25, 0.3) is 0 Å². The Kier molecular flexibility index (Phi) is 5.74. The van der Waals surface area contributed by atoms with E-state index in [9.17, 15) is 5.11 Å². The highest BCUT2D eigenvalue weighted by Gasteiger charge is 2.30. The molecule has 1 aliphatic rings. The van der Waals surface area contributed by atoms with E-state index in [1.807, 2.05) is 17.6 Å². The van der Waals surface area contributed by atoms with Gasteiger partial charge in [-0.25, -0.2) is 14.2 Å². The molecule has 172 valence electrons. The summed E-state index contributed by atoms with van der Waals surface area (Å²) in [7, 11) is 0. The maximum atomic E-state index is 10.8. The summed E-state index contributed by atoms with van der Waals surface area (Å²) in [5.41, 5.74) is 7.76. The van der Waals surface area contributed by atoms with Crippen LogP contribution in [0.4, 0.5) is 0 Å². The molecule has 1 N–H and O–H groups in total. The van der Waals surface area contributed by atoms with Crippen molar-refractivity contribution in [3.05, 3.63) is 70.4 Å². The SMILES string of the molecule is CCc1nn2c(C)cc(C)nc2c1Cc1ccc(-n2cc(CC3(O)CCCCC3)nn2)cc1. The third-order valence-corrected chi connectivity index (χ3v) is 6.83. The summed E-state index contributed by atoms with van der Waals surface area (Å²) >= 11 is 0. The first-order valence-corrected chi connectivity index (χ1v) is 12.0. The number of nitrogens with zero attached hydrogens (tertiary/aromatic N) is 6. The standard InChI is InChI=1S/C26H32N6O/c1-4-24-23(25-27-18(2)14-19(3)32(25)29-24)15-20-8-10-22(11-9-20)31-17-21(28-30-31)16-26(33)12-6-5-7-13-26/h8-11,14,17,33H,4-7,12-13,15-16H2,1-3H3. The molecule has 0 unspecified atom stereocenters. The summed E-state index contributed by atoms with van der Waals surface area (Å²) in [6.07, 6.45) is 9.29. The number of aromatic nitrogens is 6. The molecule has 1 saturated carbocycles. The van der Waals surface area contributed by atoms with Crippen molar-refractivity contribution in [3.63, 3.8) is 0 Å². The van der Waals surface area contributed by atoms with E-state index < -0.39 is 5.60 Å². The van der Waals surface area contributed by atoms with Crippen molar-refractivity contribution in [1.29, 1.82) is 0 Å². The first-order valence-electron chi connectivity index (χ1n) is 12.0. The third-order valence-electron chi connectivity index (χ3n) is 6.83. The lowest BCUT2D eigenvalue weighted by molar-refractivity contribution is 0.00365. The molecular formula is C26H32N6O. The highest BCUT2D eigenvalue weighted by Crippen LogP contribution is 2.30. The molecule has 0 saturated heterocycles. The maximum Gasteiger partial charge on any atom is 0.159 e. The van der Waals surface area contributed by atoms with Crippen LogP contribution >= 0.6 is 0 Å². The topological polar surface area (TPSA) is 81.1 Å². The zero-order valence-corrected chi connectivity index (χ0v) is 19.8. The van der Waals surface area contributed by atoms with E-state index in [-0.39, 0.29) is 0 Å². The Morgan fingerprint density at radius 1 is 1.06 bits per heavy atom. The highest BCUT2D eigenvalue weighted by atomic mass is 16.3. The van der Waals surface area contributed by atoms with Crippen molar-refractivity contribution in [3.8, 4) is 5.69 Å². The van der Waals surface area contributed by atoms with Crippen LogP contribution in [0.3, 0.4) is 0 Å². The summed E-state index contributed by atoms with van der Waals surface area (Å²) < 4.78 is 3.76. The van der Waals surface area contributed by atoms with Gasteiger partial charge >= 0.3 is 0 Å². The lowest BCUT2D eigenvalue weighted by atomic mass is 9.82. The molecular weight excluding hydrogens is 412 g/mol. The molecule has 0 aliphatic heterocycles. The molecule has 0 radical (unpaired) electrons. The number of hydrogen-bond acceptors (Lipinski definition) is 5. The monoisotopic (exact) mass is 444 g/mol. The Bertz CT molecular complexity index is 1260. The zero-order valence-electron chi connectivity index (χ0n) is 19.8. The molecule has 33 heavy (non-hydrogen) atoms. The van der Waals surface area contributed by atoms with E-state index in [2.05, 4.69) is 54.5 Å². The molecule has 4 aromatic rings. The van der Waals surface area contributed by atoms with Gasteiger partial charge in [-0.1, -0.05) is 43.5 Å². The fraction of sp³-hybridized carbons (Fsp3) is 0.462. The second-order valence-electron chi connectivity index (χ2n) is 9.51. The lowest BCUT2D eigenvalue weighted by Gasteiger charge is -2.31. The molecule has 3 heterocycles. The molecule has 1 fully saturated rings. The first kappa shape index (κ1) is 21.8. The summed E-state index contributed by atoms with van der Waals surface area (Å²) in [5.74, 6) is 0. The van der Waals surface area contributed by atoms with Crippen molar-refractivity contribution in [2.24, 2.45) is 0 Å². The van der Waals surface area contributed by atoms with Crippen molar-refractivity contribution in [2.45, 2.75) is 77.7 Å². The Morgan fingerprint density at radius 3 is 2.55 bits per heavy atom. The zero-order chi connectivity index (χ0) is 23.0. The van der Waals surface area contributed by atoms with Gasteiger partial charge in [0.15, 0.2) is 5.65 Å². The van der Waals surface area contributed by atoms with Gasteiger partial charge < -0.3 is 5.11 Å². The van der Waals surface area contributed by atoms with Crippen LogP contribution in [0.1, 0.15) is 72.9 Å². The fourth-order valence-corrected chi connectivity index (χ4v) is 5.07. The molecule has 0 amide bonds. The Labute approximate surface area is 194 Å². The van der Waals surface area contributed by atoms with Crippen LogP contribution in [-0.2, 0) is 19.3 Å². The second-order valence-corrected chi connectivity index (χ2v) is 9.51. The van der Waals surface area contributed by atoms with Crippen LogP contribution in [0.15, 0.2) is 36.5 Å². The molecule has 1 aliphatic carbocycles. The Balaban J connectivity index is 1.35. The van der Waals surface area contributed by atoms with E-state index in [4.69, 9.17) is 10.1 Å². The first-order chi connectivity index (χ1) is 15.9. The third kappa shape index (κ3) is 4.42. The molecule has 5 rings (SSSR count). The largest absolute Gasteiger partial charge is 0.389 e. The minimum atomic E-state index is -0.626. The minimum absolute atomic E-state index is 0.575. The normalized spacial score (nSPS) is 15.9. The van der Waals surface area contributed by atoms with Crippen LogP contribution < -0.4 is 0 Å². The molecule has 0 bridgehead atoms. The molecule has 7 heteroatoms. The average molecular weight is 445 g/mol. The van der Waals surface area contributed by atoms with Crippen LogP contribution in [0.5, 0.6) is 0 Å². The fourth-order valence-electron chi connectivity index (χ4n) is 5.07. The predicted octanol–water partition coefficient (Wildman–Crippen LogP) is 4.32. The smallest absolute Gasteiger partial charge is 0.159 e. The number of aryl methyl sites for hydroxylation is 3. The van der Waals surface area contributed by atoms with Gasteiger partial charge in [-0.05, 0) is 56.9 Å². The van der Waals surface area contributed by atoms with Gasteiger partial charge in [0.1, 0.15) is 0 Å². The van der Waals surface area contributed by atoms with E-state index in [0.29, 0.717) is 6.42 Å². The van der Waals surface area contributed by atoms with Gasteiger partial charge in [-0.2, -0.15) is 5.10 Å². The number of aliphatic hydroxyl groups is 1. The van der Waals surface area contributed by atoms with Crippen LogP contribution in [0, 0.1) is 13.8 Å². The molecule has 0 spiro atoms. The van der Waals surface area contributed by atoms with Crippen molar-refractivity contribution in [2.75, 3.05) is 0 Å². The van der Waals surface area contributed by atoms with E-state index in [1.165, 1.54) is 17.5 Å². The lowest BCUT2D eigenvalue weighted by Crippen LogP contribution is -2.33. The average Bonchev–Trinajstić information content (AvgIpc) is 3.39. The number of hydrogen-bond donors (Lipinski definition) is 1. The highest BCUT2D eigenvalue weighted by molar-refractivity contribution is 5.54. The summed E-state index contributed by atoms with van der Waals surface area (Å²) in [6, 6.07) is 10.5. The van der Waals surface area contributed by atoms with E-state index in [0.717, 1.165) is 72.6 Å². The quantitative estimate of drug-likeness (QED) is 0.479. The number of fused-ring (bicyclic) bond motifs is 1. The van der Waals surface area contributed by atoms with Gasteiger partial charge in [0.05, 0.1) is 28.9 Å². The second kappa shape index (κ2) is 8.71. The van der Waals surface area contributed by atoms with Crippen molar-refractivity contribution < 1.29 is 5.11 Å². The Morgan fingerprint density at radius 2 is 1.82 bits per heavy atom. The number of rotatable bonds is 6. The van der Waals surface area contributed by atoms with Gasteiger partial charge in [-0.15, -0.1) is 5.10 Å². The maximum absolute atomic E-state index is 10.8. The Hall–Kier alpha value is -3.06. The van der Waals surface area contributed by atoms with E-state index in [1.54, 1.807) is 4.68 Å². The summed E-state index contributed by atoms with van der Waals surface area (Å²) in [4.78, 5) is 4.78.